The summed E-state index contributed by atoms with van der Waals surface area (Å²) in [7, 11) is 0. The number of hydrogen-bond acceptors (Lipinski definition) is 2. The third kappa shape index (κ3) is 10.5. The first kappa shape index (κ1) is 11.5. The molecule has 0 heterocycles. The normalized spacial score (nSPS) is 10.8. The molecule has 0 spiro atoms. The summed E-state index contributed by atoms with van der Waals surface area (Å²) in [6.07, 6.45) is 3.05. The molecule has 0 radical (unpaired) electrons. The Morgan fingerprint density at radius 3 is 2.36 bits per heavy atom. The van der Waals surface area contributed by atoms with Gasteiger partial charge in [0.2, 0.25) is 6.08 Å². The molecule has 11 heavy (non-hydrogen) atoms. The summed E-state index contributed by atoms with van der Waals surface area (Å²) in [5, 5.41) is 0. The SMILES string of the molecule is O=C=NCCCC[Si](Cl)(Cl)Cl. The summed E-state index contributed by atoms with van der Waals surface area (Å²) in [5.74, 6) is 0. The number of hydrogen-bond donors (Lipinski definition) is 0. The first-order valence-corrected chi connectivity index (χ1v) is 8.41. The van der Waals surface area contributed by atoms with Crippen molar-refractivity contribution >= 4 is 45.3 Å². The molecule has 0 fully saturated rings. The lowest BCUT2D eigenvalue weighted by Crippen LogP contribution is -2.07. The van der Waals surface area contributed by atoms with Crippen molar-refractivity contribution in [3.63, 3.8) is 0 Å². The average molecular weight is 233 g/mol. The molecule has 6 heteroatoms. The largest absolute Gasteiger partial charge is 0.341 e. The molecule has 0 saturated carbocycles. The molecule has 0 aliphatic rings. The maximum absolute atomic E-state index is 9.60. The van der Waals surface area contributed by atoms with Gasteiger partial charge in [-0.05, 0) is 12.5 Å². The molecule has 0 unspecified atom stereocenters. The minimum Gasteiger partial charge on any atom is -0.211 e. The smallest absolute Gasteiger partial charge is 0.211 e. The van der Waals surface area contributed by atoms with Gasteiger partial charge in [0.1, 0.15) is 0 Å². The minimum atomic E-state index is -2.44. The fourth-order valence-electron chi connectivity index (χ4n) is 0.562. The highest BCUT2D eigenvalue weighted by atomic mass is 35.8. The third-order valence-electron chi connectivity index (χ3n) is 1.04. The molecular formula is C5H8Cl3NOSi. The van der Waals surface area contributed by atoms with Crippen LogP contribution in [0.5, 0.6) is 0 Å². The lowest BCUT2D eigenvalue weighted by molar-refractivity contribution is 0.562. The van der Waals surface area contributed by atoms with Gasteiger partial charge in [0.25, 0.3) is 0 Å². The predicted octanol–water partition coefficient (Wildman–Crippen LogP) is 2.76. The van der Waals surface area contributed by atoms with E-state index in [1.54, 1.807) is 0 Å². The summed E-state index contributed by atoms with van der Waals surface area (Å²) in [5.41, 5.74) is 0. The van der Waals surface area contributed by atoms with E-state index in [2.05, 4.69) is 4.99 Å². The summed E-state index contributed by atoms with van der Waals surface area (Å²) in [6.45, 7) is 0.485. The highest BCUT2D eigenvalue weighted by molar-refractivity contribution is 7.64. The second-order valence-corrected chi connectivity index (χ2v) is 11.3. The van der Waals surface area contributed by atoms with E-state index in [-0.39, 0.29) is 0 Å². The average Bonchev–Trinajstić information content (AvgIpc) is 1.85. The Balaban J connectivity index is 3.21. The van der Waals surface area contributed by atoms with E-state index in [1.165, 1.54) is 6.08 Å². The number of aliphatic imine (C=N–C) groups is 1. The van der Waals surface area contributed by atoms with E-state index < -0.39 is 6.00 Å². The second-order valence-electron chi connectivity index (χ2n) is 2.05. The molecule has 2 nitrogen and oxygen atoms in total. The monoisotopic (exact) mass is 231 g/mol. The first-order chi connectivity index (χ1) is 5.06. The molecule has 64 valence electrons. The highest BCUT2D eigenvalue weighted by Crippen LogP contribution is 2.26. The molecule has 0 aliphatic heterocycles. The Labute approximate surface area is 80.7 Å². The van der Waals surface area contributed by atoms with Crippen molar-refractivity contribution in [2.24, 2.45) is 4.99 Å². The number of isocyanates is 1. The predicted molar refractivity (Wildman–Crippen MR) is 50.3 cm³/mol. The van der Waals surface area contributed by atoms with Crippen LogP contribution in [0.3, 0.4) is 0 Å². The maximum atomic E-state index is 9.60. The van der Waals surface area contributed by atoms with Gasteiger partial charge in [-0.3, -0.25) is 0 Å². The Bertz CT molecular complexity index is 152. The fraction of sp³-hybridized carbons (Fsp3) is 0.800. The van der Waals surface area contributed by atoms with E-state index >= 15 is 0 Å². The molecule has 0 atom stereocenters. The summed E-state index contributed by atoms with van der Waals surface area (Å²) in [6, 6.07) is -1.81. The Morgan fingerprint density at radius 2 is 1.91 bits per heavy atom. The standard InChI is InChI=1S/C5H8Cl3NOSi/c6-11(7,8)4-2-1-3-9-5-10/h1-4H2. The fourth-order valence-corrected chi connectivity index (χ4v) is 2.42. The van der Waals surface area contributed by atoms with Crippen LogP contribution in [-0.4, -0.2) is 18.6 Å². The van der Waals surface area contributed by atoms with E-state index in [0.717, 1.165) is 12.8 Å². The molecule has 0 saturated heterocycles. The van der Waals surface area contributed by atoms with Gasteiger partial charge in [0.15, 0.2) is 0 Å². The van der Waals surface area contributed by atoms with Crippen LogP contribution < -0.4 is 0 Å². The van der Waals surface area contributed by atoms with E-state index in [9.17, 15) is 4.79 Å². The van der Waals surface area contributed by atoms with E-state index in [0.29, 0.717) is 12.6 Å². The maximum Gasteiger partial charge on any atom is 0.341 e. The number of carbonyl (C=O) groups excluding carboxylic acids is 1. The van der Waals surface area contributed by atoms with Gasteiger partial charge < -0.3 is 0 Å². The summed E-state index contributed by atoms with van der Waals surface area (Å²) in [4.78, 5) is 13.0. The lowest BCUT2D eigenvalue weighted by atomic mass is 10.3. The molecule has 0 bridgehead atoms. The lowest BCUT2D eigenvalue weighted by Gasteiger charge is -2.04. The summed E-state index contributed by atoms with van der Waals surface area (Å²) >= 11 is 16.8. The van der Waals surface area contributed by atoms with Crippen LogP contribution in [0, 0.1) is 0 Å². The molecule has 0 N–H and O–H groups in total. The van der Waals surface area contributed by atoms with Crippen LogP contribution in [0.1, 0.15) is 12.8 Å². The number of nitrogens with zero attached hydrogens (tertiary/aromatic N) is 1. The molecule has 0 aromatic heterocycles. The van der Waals surface area contributed by atoms with Crippen LogP contribution in [-0.2, 0) is 4.79 Å². The van der Waals surface area contributed by atoms with Crippen molar-refractivity contribution in [1.82, 2.24) is 0 Å². The van der Waals surface area contributed by atoms with E-state index in [1.807, 2.05) is 0 Å². The first-order valence-electron chi connectivity index (χ1n) is 3.16. The van der Waals surface area contributed by atoms with Crippen molar-refractivity contribution in [2.45, 2.75) is 18.9 Å². The Hall–Kier alpha value is 0.467. The van der Waals surface area contributed by atoms with Gasteiger partial charge in [0.05, 0.1) is 6.54 Å². The zero-order valence-electron chi connectivity index (χ0n) is 5.82. The van der Waals surface area contributed by atoms with Crippen molar-refractivity contribution < 1.29 is 4.79 Å². The van der Waals surface area contributed by atoms with Crippen LogP contribution in [0.4, 0.5) is 0 Å². The van der Waals surface area contributed by atoms with Crippen LogP contribution in [0.25, 0.3) is 0 Å². The zero-order chi connectivity index (χ0) is 8.74. The van der Waals surface area contributed by atoms with Crippen LogP contribution in [0.2, 0.25) is 6.04 Å². The van der Waals surface area contributed by atoms with Crippen molar-refractivity contribution in [2.75, 3.05) is 6.54 Å². The summed E-state index contributed by atoms with van der Waals surface area (Å²) < 4.78 is 0. The van der Waals surface area contributed by atoms with Gasteiger partial charge in [-0.2, -0.15) is 0 Å². The van der Waals surface area contributed by atoms with Gasteiger partial charge in [0, 0.05) is 0 Å². The minimum absolute atomic E-state index is 0.485. The highest BCUT2D eigenvalue weighted by Gasteiger charge is 2.23. The Kier molecular flexibility index (Phi) is 6.29. The quantitative estimate of drug-likeness (QED) is 0.236. The molecule has 0 amide bonds. The van der Waals surface area contributed by atoms with Gasteiger partial charge >= 0.3 is 6.00 Å². The molecule has 0 aromatic rings. The van der Waals surface area contributed by atoms with Gasteiger partial charge in [-0.15, -0.1) is 33.2 Å². The molecule has 0 aromatic carbocycles. The van der Waals surface area contributed by atoms with Gasteiger partial charge in [-0.1, -0.05) is 6.42 Å². The van der Waals surface area contributed by atoms with Gasteiger partial charge in [-0.25, -0.2) is 9.79 Å². The number of rotatable bonds is 5. The Morgan fingerprint density at radius 1 is 1.27 bits per heavy atom. The van der Waals surface area contributed by atoms with Crippen molar-refractivity contribution in [1.29, 1.82) is 0 Å². The van der Waals surface area contributed by atoms with Crippen molar-refractivity contribution in [3.05, 3.63) is 0 Å². The molecule has 0 rings (SSSR count). The molecule has 0 aliphatic carbocycles. The number of halogens is 3. The van der Waals surface area contributed by atoms with Crippen LogP contribution >= 0.6 is 33.2 Å². The molecular weight excluding hydrogens is 225 g/mol. The van der Waals surface area contributed by atoms with E-state index in [4.69, 9.17) is 33.2 Å². The number of unbranched alkanes of at least 4 members (excludes halogenated alkanes) is 1. The zero-order valence-corrected chi connectivity index (χ0v) is 9.09. The van der Waals surface area contributed by atoms with Crippen LogP contribution in [0.15, 0.2) is 4.99 Å². The van der Waals surface area contributed by atoms with Crippen molar-refractivity contribution in [3.8, 4) is 0 Å². The topological polar surface area (TPSA) is 29.4 Å². The third-order valence-corrected chi connectivity index (χ3v) is 3.67. The second kappa shape index (κ2) is 6.04.